The molecule has 0 fully saturated rings. The van der Waals surface area contributed by atoms with Crippen molar-refractivity contribution >= 4 is 39.2 Å². The zero-order chi connectivity index (χ0) is 9.30. The molecule has 0 radical (unpaired) electrons. The summed E-state index contributed by atoms with van der Waals surface area (Å²) in [6.07, 6.45) is 0. The van der Waals surface area contributed by atoms with Crippen molar-refractivity contribution < 1.29 is 9.90 Å². The van der Waals surface area contributed by atoms with Crippen molar-refractivity contribution in [2.45, 2.75) is 0 Å². The van der Waals surface area contributed by atoms with Gasteiger partial charge in [0.2, 0.25) is 0 Å². The van der Waals surface area contributed by atoms with Gasteiger partial charge in [-0.25, -0.2) is 9.78 Å². The van der Waals surface area contributed by atoms with Crippen molar-refractivity contribution in [2.75, 3.05) is 5.73 Å². The van der Waals surface area contributed by atoms with Crippen molar-refractivity contribution in [3.8, 4) is 0 Å². The fraction of sp³-hybridized carbons (Fsp3) is 0. The van der Waals surface area contributed by atoms with Crippen LogP contribution < -0.4 is 5.73 Å². The molecule has 4 nitrogen and oxygen atoms in total. The molecule has 0 saturated carbocycles. The lowest BCUT2D eigenvalue weighted by Crippen LogP contribution is -2.03. The van der Waals surface area contributed by atoms with E-state index in [-0.39, 0.29) is 15.3 Å². The van der Waals surface area contributed by atoms with Gasteiger partial charge >= 0.3 is 5.97 Å². The van der Waals surface area contributed by atoms with E-state index in [0.29, 0.717) is 5.69 Å². The Kier molecular flexibility index (Phi) is 2.54. The third kappa shape index (κ3) is 1.67. The Bertz CT molecular complexity index is 343. The highest BCUT2D eigenvalue weighted by Gasteiger charge is 2.12. The number of rotatable bonds is 1. The van der Waals surface area contributed by atoms with E-state index in [4.69, 9.17) is 22.4 Å². The number of hydrogen-bond donors (Lipinski definition) is 2. The number of pyridine rings is 1. The van der Waals surface area contributed by atoms with Gasteiger partial charge in [-0.3, -0.25) is 0 Å². The summed E-state index contributed by atoms with van der Waals surface area (Å²) in [4.78, 5) is 14.1. The maximum Gasteiger partial charge on any atom is 0.356 e. The number of aromatic carboxylic acids is 1. The third-order valence-corrected chi connectivity index (χ3v) is 2.08. The molecule has 6 heteroatoms. The lowest BCUT2D eigenvalue weighted by molar-refractivity contribution is 0.0690. The molecular formula is C6H4BrClN2O2. The summed E-state index contributed by atoms with van der Waals surface area (Å²) in [7, 11) is 0. The minimum Gasteiger partial charge on any atom is -0.476 e. The predicted octanol–water partition coefficient (Wildman–Crippen LogP) is 1.78. The van der Waals surface area contributed by atoms with E-state index in [9.17, 15) is 4.79 Å². The largest absolute Gasteiger partial charge is 0.476 e. The molecule has 0 atom stereocenters. The summed E-state index contributed by atoms with van der Waals surface area (Å²) in [5.41, 5.74) is 5.50. The average molecular weight is 251 g/mol. The van der Waals surface area contributed by atoms with Crippen LogP contribution in [-0.2, 0) is 0 Å². The molecule has 1 aromatic heterocycles. The Morgan fingerprint density at radius 3 is 2.83 bits per heavy atom. The third-order valence-electron chi connectivity index (χ3n) is 1.16. The molecule has 0 aliphatic carbocycles. The quantitative estimate of drug-likeness (QED) is 0.746. The Morgan fingerprint density at radius 2 is 2.33 bits per heavy atom. The van der Waals surface area contributed by atoms with Crippen LogP contribution in [0.15, 0.2) is 10.7 Å². The number of carboxylic acid groups (broad SMARTS) is 1. The molecule has 0 spiro atoms. The first-order valence-electron chi connectivity index (χ1n) is 2.87. The van der Waals surface area contributed by atoms with Crippen LogP contribution in [-0.4, -0.2) is 16.1 Å². The number of nitrogens with zero attached hydrogens (tertiary/aromatic N) is 1. The van der Waals surface area contributed by atoms with Gasteiger partial charge in [-0.1, -0.05) is 11.6 Å². The highest BCUT2D eigenvalue weighted by molar-refractivity contribution is 9.10. The number of carboxylic acids is 1. The molecule has 0 bridgehead atoms. The molecule has 0 aliphatic heterocycles. The summed E-state index contributed by atoms with van der Waals surface area (Å²) in [6.45, 7) is 0. The van der Waals surface area contributed by atoms with Gasteiger partial charge in [0.25, 0.3) is 0 Å². The van der Waals surface area contributed by atoms with Gasteiger partial charge in [0, 0.05) is 0 Å². The average Bonchev–Trinajstić information content (AvgIpc) is 1.96. The molecule has 64 valence electrons. The summed E-state index contributed by atoms with van der Waals surface area (Å²) in [6, 6.07) is 1.34. The Labute approximate surface area is 81.5 Å². The van der Waals surface area contributed by atoms with Gasteiger partial charge in [0.15, 0.2) is 5.69 Å². The summed E-state index contributed by atoms with van der Waals surface area (Å²) < 4.78 is 0.282. The lowest BCUT2D eigenvalue weighted by atomic mass is 10.3. The van der Waals surface area contributed by atoms with Crippen molar-refractivity contribution in [1.82, 2.24) is 4.98 Å². The zero-order valence-electron chi connectivity index (χ0n) is 5.71. The minimum atomic E-state index is -1.18. The Balaban J connectivity index is 3.33. The Hall–Kier alpha value is -0.810. The van der Waals surface area contributed by atoms with Crippen LogP contribution in [0.4, 0.5) is 5.69 Å². The van der Waals surface area contributed by atoms with Crippen LogP contribution in [0.25, 0.3) is 0 Å². The number of nitrogens with two attached hydrogens (primary N) is 1. The van der Waals surface area contributed by atoms with Gasteiger partial charge in [0.05, 0.1) is 10.7 Å². The second kappa shape index (κ2) is 3.28. The molecule has 1 heterocycles. The number of halogens is 2. The number of anilines is 1. The first-order chi connectivity index (χ1) is 5.52. The first-order valence-corrected chi connectivity index (χ1v) is 4.04. The predicted molar refractivity (Wildman–Crippen MR) is 48.3 cm³/mol. The molecule has 0 saturated heterocycles. The van der Waals surface area contributed by atoms with Gasteiger partial charge < -0.3 is 10.8 Å². The van der Waals surface area contributed by atoms with Crippen molar-refractivity contribution in [3.05, 3.63) is 21.4 Å². The van der Waals surface area contributed by atoms with E-state index in [0.717, 1.165) is 0 Å². The van der Waals surface area contributed by atoms with Crippen LogP contribution in [0.3, 0.4) is 0 Å². The fourth-order valence-corrected chi connectivity index (χ4v) is 1.16. The number of aromatic nitrogens is 1. The van der Waals surface area contributed by atoms with E-state index >= 15 is 0 Å². The molecule has 3 N–H and O–H groups in total. The summed E-state index contributed by atoms with van der Waals surface area (Å²) in [5.74, 6) is -1.18. The maximum atomic E-state index is 10.5. The van der Waals surface area contributed by atoms with Gasteiger partial charge in [-0.15, -0.1) is 0 Å². The van der Waals surface area contributed by atoms with Gasteiger partial charge in [0.1, 0.15) is 4.60 Å². The lowest BCUT2D eigenvalue weighted by Gasteiger charge is -2.00. The standard InChI is InChI=1S/C6H4BrClN2O2/c7-5-3(9)1-2(8)4(10-5)6(11)12/h1H,9H2,(H,11,12). The molecule has 0 unspecified atom stereocenters. The molecule has 0 aromatic carbocycles. The molecule has 12 heavy (non-hydrogen) atoms. The van der Waals surface area contributed by atoms with Crippen LogP contribution in [0.1, 0.15) is 10.5 Å². The van der Waals surface area contributed by atoms with E-state index in [1.54, 1.807) is 0 Å². The second-order valence-corrected chi connectivity index (χ2v) is 3.16. The van der Waals surface area contributed by atoms with Crippen molar-refractivity contribution in [1.29, 1.82) is 0 Å². The highest BCUT2D eigenvalue weighted by atomic mass is 79.9. The van der Waals surface area contributed by atoms with Gasteiger partial charge in [-0.05, 0) is 22.0 Å². The van der Waals surface area contributed by atoms with Crippen LogP contribution >= 0.6 is 27.5 Å². The van der Waals surface area contributed by atoms with Crippen LogP contribution in [0.5, 0.6) is 0 Å². The van der Waals surface area contributed by atoms with E-state index < -0.39 is 5.97 Å². The van der Waals surface area contributed by atoms with E-state index in [2.05, 4.69) is 20.9 Å². The summed E-state index contributed by atoms with van der Waals surface area (Å²) in [5, 5.41) is 8.60. The highest BCUT2D eigenvalue weighted by Crippen LogP contribution is 2.23. The minimum absolute atomic E-state index is 0.0307. The van der Waals surface area contributed by atoms with E-state index in [1.165, 1.54) is 6.07 Å². The van der Waals surface area contributed by atoms with Crippen LogP contribution in [0.2, 0.25) is 5.02 Å². The maximum absolute atomic E-state index is 10.5. The molecule has 1 rings (SSSR count). The first kappa shape index (κ1) is 9.28. The molecule has 0 amide bonds. The second-order valence-electron chi connectivity index (χ2n) is 2.00. The molecule has 1 aromatic rings. The number of nitrogen functional groups attached to an aromatic ring is 1. The monoisotopic (exact) mass is 250 g/mol. The van der Waals surface area contributed by atoms with E-state index in [1.807, 2.05) is 0 Å². The number of carbonyl (C=O) groups is 1. The van der Waals surface area contributed by atoms with Crippen molar-refractivity contribution in [3.63, 3.8) is 0 Å². The number of hydrogen-bond acceptors (Lipinski definition) is 3. The molecular weight excluding hydrogens is 247 g/mol. The van der Waals surface area contributed by atoms with Crippen LogP contribution in [0, 0.1) is 0 Å². The molecule has 0 aliphatic rings. The summed E-state index contributed by atoms with van der Waals surface area (Å²) >= 11 is 8.54. The Morgan fingerprint density at radius 1 is 1.75 bits per heavy atom. The SMILES string of the molecule is Nc1cc(Cl)c(C(=O)O)nc1Br. The smallest absolute Gasteiger partial charge is 0.356 e. The zero-order valence-corrected chi connectivity index (χ0v) is 8.06. The normalized spacial score (nSPS) is 9.83. The van der Waals surface area contributed by atoms with Crippen molar-refractivity contribution in [2.24, 2.45) is 0 Å². The fourth-order valence-electron chi connectivity index (χ4n) is 0.631. The topological polar surface area (TPSA) is 76.2 Å². The van der Waals surface area contributed by atoms with Gasteiger partial charge in [-0.2, -0.15) is 0 Å².